The van der Waals surface area contributed by atoms with E-state index >= 15 is 0 Å². The molecule has 0 saturated carbocycles. The van der Waals surface area contributed by atoms with E-state index in [1.807, 2.05) is 30.3 Å². The minimum Gasteiger partial charge on any atom is -0.462 e. The molecule has 0 aliphatic rings. The highest BCUT2D eigenvalue weighted by molar-refractivity contribution is 5.94. The monoisotopic (exact) mass is 287 g/mol. The van der Waals surface area contributed by atoms with Gasteiger partial charge in [0.15, 0.2) is 0 Å². The predicted molar refractivity (Wildman–Crippen MR) is 79.6 cm³/mol. The number of nitrogens with two attached hydrogens (primary N) is 1. The number of anilines is 2. The summed E-state index contributed by atoms with van der Waals surface area (Å²) in [6, 6.07) is 9.77. The van der Waals surface area contributed by atoms with Crippen molar-refractivity contribution in [2.24, 2.45) is 5.84 Å². The third-order valence-corrected chi connectivity index (χ3v) is 2.72. The third kappa shape index (κ3) is 3.90. The SMILES string of the molecule is CCOC(=O)c1cnc(NN)nc1NCc1ccccc1. The number of carbonyl (C=O) groups is 1. The molecule has 0 unspecified atom stereocenters. The van der Waals surface area contributed by atoms with Crippen LogP contribution in [0.25, 0.3) is 0 Å². The van der Waals surface area contributed by atoms with E-state index in [0.29, 0.717) is 12.4 Å². The first-order chi connectivity index (χ1) is 10.2. The molecule has 2 aromatic rings. The molecule has 21 heavy (non-hydrogen) atoms. The summed E-state index contributed by atoms with van der Waals surface area (Å²) in [5.74, 6) is 5.41. The highest BCUT2D eigenvalue weighted by Crippen LogP contribution is 2.16. The van der Waals surface area contributed by atoms with Crippen molar-refractivity contribution in [3.8, 4) is 0 Å². The quantitative estimate of drug-likeness (QED) is 0.421. The molecular weight excluding hydrogens is 270 g/mol. The number of carbonyl (C=O) groups excluding carboxylic acids is 1. The first kappa shape index (κ1) is 14.7. The molecule has 0 radical (unpaired) electrons. The van der Waals surface area contributed by atoms with Crippen LogP contribution in [0.3, 0.4) is 0 Å². The molecule has 110 valence electrons. The molecule has 1 aromatic carbocycles. The van der Waals surface area contributed by atoms with Gasteiger partial charge >= 0.3 is 5.97 Å². The molecule has 7 heteroatoms. The Labute approximate surface area is 122 Å². The summed E-state index contributed by atoms with van der Waals surface area (Å²) in [6.45, 7) is 2.55. The van der Waals surface area contributed by atoms with Gasteiger partial charge in [0.25, 0.3) is 0 Å². The van der Waals surface area contributed by atoms with Gasteiger partial charge in [-0.25, -0.2) is 15.6 Å². The molecule has 0 atom stereocenters. The van der Waals surface area contributed by atoms with E-state index in [2.05, 4.69) is 20.7 Å². The van der Waals surface area contributed by atoms with Crippen molar-refractivity contribution in [1.29, 1.82) is 0 Å². The van der Waals surface area contributed by atoms with Crippen molar-refractivity contribution in [3.63, 3.8) is 0 Å². The largest absolute Gasteiger partial charge is 0.462 e. The van der Waals surface area contributed by atoms with E-state index in [0.717, 1.165) is 5.56 Å². The Morgan fingerprint density at radius 2 is 2.10 bits per heavy atom. The van der Waals surface area contributed by atoms with Crippen LogP contribution in [0.2, 0.25) is 0 Å². The number of ether oxygens (including phenoxy) is 1. The van der Waals surface area contributed by atoms with E-state index in [1.54, 1.807) is 6.92 Å². The lowest BCUT2D eigenvalue weighted by atomic mass is 10.2. The molecule has 0 fully saturated rings. The predicted octanol–water partition coefficient (Wildman–Crippen LogP) is 1.55. The smallest absolute Gasteiger partial charge is 0.343 e. The number of hydrazine groups is 1. The average molecular weight is 287 g/mol. The van der Waals surface area contributed by atoms with Crippen LogP contribution in [0.1, 0.15) is 22.8 Å². The maximum Gasteiger partial charge on any atom is 0.343 e. The Kier molecular flexibility index (Phi) is 5.05. The van der Waals surface area contributed by atoms with Crippen LogP contribution in [-0.4, -0.2) is 22.5 Å². The molecule has 0 aliphatic heterocycles. The minimum atomic E-state index is -0.475. The van der Waals surface area contributed by atoms with Gasteiger partial charge in [-0.1, -0.05) is 30.3 Å². The molecule has 0 spiro atoms. The summed E-state index contributed by atoms with van der Waals surface area (Å²) in [7, 11) is 0. The number of aromatic nitrogens is 2. The fraction of sp³-hybridized carbons (Fsp3) is 0.214. The Balaban J connectivity index is 2.20. The summed E-state index contributed by atoms with van der Waals surface area (Å²) in [6.07, 6.45) is 1.38. The van der Waals surface area contributed by atoms with Crippen molar-refractivity contribution in [3.05, 3.63) is 47.7 Å². The van der Waals surface area contributed by atoms with Gasteiger partial charge in [0.1, 0.15) is 11.4 Å². The number of hydrogen-bond acceptors (Lipinski definition) is 7. The molecule has 0 bridgehead atoms. The molecule has 0 aliphatic carbocycles. The highest BCUT2D eigenvalue weighted by atomic mass is 16.5. The van der Waals surface area contributed by atoms with Crippen molar-refractivity contribution in [2.45, 2.75) is 13.5 Å². The van der Waals surface area contributed by atoms with Crippen molar-refractivity contribution < 1.29 is 9.53 Å². The van der Waals surface area contributed by atoms with Gasteiger partial charge < -0.3 is 10.1 Å². The number of nitrogen functional groups attached to an aromatic ring is 1. The van der Waals surface area contributed by atoms with Crippen molar-refractivity contribution >= 4 is 17.7 Å². The van der Waals surface area contributed by atoms with Crippen molar-refractivity contribution in [1.82, 2.24) is 9.97 Å². The van der Waals surface area contributed by atoms with E-state index < -0.39 is 5.97 Å². The first-order valence-corrected chi connectivity index (χ1v) is 6.53. The first-order valence-electron chi connectivity index (χ1n) is 6.53. The normalized spacial score (nSPS) is 10.0. The van der Waals surface area contributed by atoms with Crippen LogP contribution in [0.4, 0.5) is 11.8 Å². The van der Waals surface area contributed by atoms with Crippen molar-refractivity contribution in [2.75, 3.05) is 17.3 Å². The van der Waals surface area contributed by atoms with Crippen LogP contribution in [-0.2, 0) is 11.3 Å². The van der Waals surface area contributed by atoms with Crippen LogP contribution in [0.5, 0.6) is 0 Å². The van der Waals surface area contributed by atoms with Gasteiger partial charge in [-0.15, -0.1) is 0 Å². The Hall–Kier alpha value is -2.67. The Bertz CT molecular complexity index is 604. The van der Waals surface area contributed by atoms with Crippen LogP contribution < -0.4 is 16.6 Å². The molecule has 0 amide bonds. The molecule has 1 heterocycles. The van der Waals surface area contributed by atoms with Gasteiger partial charge in [-0.05, 0) is 12.5 Å². The number of nitrogens with zero attached hydrogens (tertiary/aromatic N) is 2. The third-order valence-electron chi connectivity index (χ3n) is 2.72. The lowest BCUT2D eigenvalue weighted by Crippen LogP contribution is -2.16. The summed E-state index contributed by atoms with van der Waals surface area (Å²) in [5.41, 5.74) is 3.68. The second kappa shape index (κ2) is 7.20. The molecule has 4 N–H and O–H groups in total. The van der Waals surface area contributed by atoms with E-state index in [9.17, 15) is 4.79 Å². The van der Waals surface area contributed by atoms with Gasteiger partial charge in [-0.3, -0.25) is 5.43 Å². The summed E-state index contributed by atoms with van der Waals surface area (Å²) in [4.78, 5) is 20.0. The van der Waals surface area contributed by atoms with Crippen LogP contribution >= 0.6 is 0 Å². The number of rotatable bonds is 6. The summed E-state index contributed by atoms with van der Waals surface area (Å²) < 4.78 is 4.98. The standard InChI is InChI=1S/C14H17N5O2/c1-2-21-13(20)11-9-17-14(19-15)18-12(11)16-8-10-6-4-3-5-7-10/h3-7,9H,2,8,15H2,1H3,(H2,16,17,18,19). The maximum atomic E-state index is 11.9. The number of nitrogens with one attached hydrogen (secondary N) is 2. The van der Waals surface area contributed by atoms with Crippen LogP contribution in [0.15, 0.2) is 36.5 Å². The molecule has 1 aromatic heterocycles. The fourth-order valence-electron chi connectivity index (χ4n) is 1.73. The zero-order valence-electron chi connectivity index (χ0n) is 11.7. The topological polar surface area (TPSA) is 102 Å². The van der Waals surface area contributed by atoms with E-state index in [4.69, 9.17) is 10.6 Å². The van der Waals surface area contributed by atoms with Gasteiger partial charge in [0.2, 0.25) is 5.95 Å². The number of esters is 1. The molecule has 2 rings (SSSR count). The summed E-state index contributed by atoms with van der Waals surface area (Å²) in [5, 5.41) is 3.10. The Morgan fingerprint density at radius 1 is 1.33 bits per heavy atom. The maximum absolute atomic E-state index is 11.9. The average Bonchev–Trinajstić information content (AvgIpc) is 2.53. The lowest BCUT2D eigenvalue weighted by molar-refractivity contribution is 0.0526. The molecule has 0 saturated heterocycles. The van der Waals surface area contributed by atoms with E-state index in [1.165, 1.54) is 6.20 Å². The minimum absolute atomic E-state index is 0.221. The van der Waals surface area contributed by atoms with Gasteiger partial charge in [0, 0.05) is 12.7 Å². The number of hydrogen-bond donors (Lipinski definition) is 3. The second-order valence-electron chi connectivity index (χ2n) is 4.16. The van der Waals surface area contributed by atoms with Crippen LogP contribution in [0, 0.1) is 0 Å². The fourth-order valence-corrected chi connectivity index (χ4v) is 1.73. The Morgan fingerprint density at radius 3 is 2.76 bits per heavy atom. The van der Waals surface area contributed by atoms with Gasteiger partial charge in [0.05, 0.1) is 6.61 Å². The molecular formula is C14H17N5O2. The van der Waals surface area contributed by atoms with Gasteiger partial charge in [-0.2, -0.15) is 4.98 Å². The second-order valence-corrected chi connectivity index (χ2v) is 4.16. The highest BCUT2D eigenvalue weighted by Gasteiger charge is 2.15. The zero-order chi connectivity index (χ0) is 15.1. The van der Waals surface area contributed by atoms with E-state index in [-0.39, 0.29) is 18.1 Å². The zero-order valence-corrected chi connectivity index (χ0v) is 11.7. The summed E-state index contributed by atoms with van der Waals surface area (Å²) >= 11 is 0. The number of benzene rings is 1. The molecule has 7 nitrogen and oxygen atoms in total. The lowest BCUT2D eigenvalue weighted by Gasteiger charge is -2.11.